The molecule has 0 N–H and O–H groups in total. The van der Waals surface area contributed by atoms with Crippen molar-refractivity contribution in [2.24, 2.45) is 0 Å². The molecule has 1 fully saturated rings. The van der Waals surface area contributed by atoms with E-state index in [4.69, 9.17) is 21.1 Å². The Kier molecular flexibility index (Phi) is 5.85. The van der Waals surface area contributed by atoms with Gasteiger partial charge >= 0.3 is 6.18 Å². The van der Waals surface area contributed by atoms with Crippen molar-refractivity contribution in [3.63, 3.8) is 0 Å². The third-order valence-corrected chi connectivity index (χ3v) is 6.27. The summed E-state index contributed by atoms with van der Waals surface area (Å²) in [6, 6.07) is 7.71. The lowest BCUT2D eigenvalue weighted by atomic mass is 10.0. The second kappa shape index (κ2) is 8.83. The molecule has 1 atom stereocenters. The number of ether oxygens (including phenoxy) is 2. The third-order valence-electron chi connectivity index (χ3n) is 5.91. The van der Waals surface area contributed by atoms with Crippen LogP contribution in [0.15, 0.2) is 47.5 Å². The van der Waals surface area contributed by atoms with Gasteiger partial charge in [-0.3, -0.25) is 4.79 Å². The van der Waals surface area contributed by atoms with Gasteiger partial charge < -0.3 is 14.4 Å². The number of pyridine rings is 1. The maximum absolute atomic E-state index is 12.9. The fourth-order valence-corrected chi connectivity index (χ4v) is 4.49. The molecule has 1 saturated heterocycles. The van der Waals surface area contributed by atoms with Crippen LogP contribution in [-0.2, 0) is 6.18 Å². The summed E-state index contributed by atoms with van der Waals surface area (Å²) < 4.78 is 50.9. The Labute approximate surface area is 197 Å². The van der Waals surface area contributed by atoms with Gasteiger partial charge in [-0.1, -0.05) is 17.7 Å². The van der Waals surface area contributed by atoms with Crippen LogP contribution in [0.4, 0.5) is 18.9 Å². The fourth-order valence-electron chi connectivity index (χ4n) is 4.26. The lowest BCUT2D eigenvalue weighted by molar-refractivity contribution is -0.137. The summed E-state index contributed by atoms with van der Waals surface area (Å²) in [5.41, 5.74) is -0.103. The predicted octanol–water partition coefficient (Wildman–Crippen LogP) is 4.80. The number of alkyl halides is 3. The van der Waals surface area contributed by atoms with Crippen molar-refractivity contribution >= 4 is 17.3 Å². The molecule has 7 nitrogen and oxygen atoms in total. The van der Waals surface area contributed by atoms with Gasteiger partial charge in [-0.15, -0.1) is 0 Å². The molecule has 0 aliphatic carbocycles. The first-order valence-electron chi connectivity index (χ1n) is 10.8. The van der Waals surface area contributed by atoms with E-state index in [2.05, 4.69) is 10.1 Å². The normalized spacial score (nSPS) is 18.1. The maximum Gasteiger partial charge on any atom is 0.417 e. The lowest BCUT2D eigenvalue weighted by Crippen LogP contribution is -2.29. The topological polar surface area (TPSA) is 69.5 Å². The number of fused-ring (bicyclic) bond motifs is 1. The summed E-state index contributed by atoms with van der Waals surface area (Å²) in [7, 11) is 0. The van der Waals surface area contributed by atoms with Gasteiger partial charge in [-0.25, -0.2) is 4.98 Å². The van der Waals surface area contributed by atoms with Gasteiger partial charge in [0, 0.05) is 19.2 Å². The Bertz CT molecular complexity index is 1260. The summed E-state index contributed by atoms with van der Waals surface area (Å²) in [4.78, 5) is 18.7. The molecule has 34 heavy (non-hydrogen) atoms. The molecule has 3 aromatic rings. The summed E-state index contributed by atoms with van der Waals surface area (Å²) >= 11 is 6.45. The molecule has 1 unspecified atom stereocenters. The van der Waals surface area contributed by atoms with Crippen molar-refractivity contribution in [3.8, 4) is 17.3 Å². The van der Waals surface area contributed by atoms with Crippen LogP contribution in [0.25, 0.3) is 5.82 Å². The molecule has 178 valence electrons. The van der Waals surface area contributed by atoms with Crippen molar-refractivity contribution in [3.05, 3.63) is 69.2 Å². The van der Waals surface area contributed by atoms with Gasteiger partial charge in [0.2, 0.25) is 0 Å². The third kappa shape index (κ3) is 4.18. The van der Waals surface area contributed by atoms with Crippen molar-refractivity contribution in [1.29, 1.82) is 0 Å². The molecule has 1 aromatic carbocycles. The van der Waals surface area contributed by atoms with Crippen LogP contribution in [0.2, 0.25) is 5.02 Å². The van der Waals surface area contributed by atoms with Gasteiger partial charge in [0.25, 0.3) is 5.56 Å². The Balaban J connectivity index is 1.45. The van der Waals surface area contributed by atoms with Gasteiger partial charge in [0.1, 0.15) is 5.02 Å². The van der Waals surface area contributed by atoms with Gasteiger partial charge in [0.05, 0.1) is 36.7 Å². The van der Waals surface area contributed by atoms with E-state index in [0.29, 0.717) is 43.1 Å². The minimum atomic E-state index is -4.52. The number of aromatic nitrogens is 3. The molecular formula is C23H20ClF3N4O3. The average Bonchev–Trinajstić information content (AvgIpc) is 3.18. The summed E-state index contributed by atoms with van der Waals surface area (Å²) in [6.45, 7) is 1.85. The van der Waals surface area contributed by atoms with Crippen molar-refractivity contribution in [2.45, 2.75) is 31.5 Å². The van der Waals surface area contributed by atoms with Crippen molar-refractivity contribution in [2.75, 3.05) is 24.7 Å². The van der Waals surface area contributed by atoms with Gasteiger partial charge in [0.15, 0.2) is 17.3 Å². The van der Waals surface area contributed by atoms with Crippen LogP contribution in [0, 0.1) is 0 Å². The second-order valence-corrected chi connectivity index (χ2v) is 8.45. The first kappa shape index (κ1) is 22.5. The summed E-state index contributed by atoms with van der Waals surface area (Å²) in [5, 5.41) is 4.07. The molecule has 2 aromatic heterocycles. The van der Waals surface area contributed by atoms with E-state index in [1.807, 2.05) is 23.1 Å². The number of halogens is 4. The number of hydrogen-bond donors (Lipinski definition) is 0. The molecular weight excluding hydrogens is 473 g/mol. The van der Waals surface area contributed by atoms with E-state index >= 15 is 0 Å². The van der Waals surface area contributed by atoms with Crippen molar-refractivity contribution in [1.82, 2.24) is 14.8 Å². The zero-order valence-corrected chi connectivity index (χ0v) is 18.6. The molecule has 0 amide bonds. The first-order chi connectivity index (χ1) is 16.3. The predicted molar refractivity (Wildman–Crippen MR) is 119 cm³/mol. The van der Waals surface area contributed by atoms with E-state index in [0.717, 1.165) is 41.6 Å². The van der Waals surface area contributed by atoms with E-state index < -0.39 is 17.3 Å². The van der Waals surface area contributed by atoms with Crippen LogP contribution >= 0.6 is 11.6 Å². The number of rotatable bonds is 3. The number of nitrogens with zero attached hydrogens (tertiary/aromatic N) is 4. The number of hydrogen-bond acceptors (Lipinski definition) is 6. The fraction of sp³-hybridized carbons (Fsp3) is 0.348. The van der Waals surface area contributed by atoms with Gasteiger partial charge in [-0.05, 0) is 42.7 Å². The highest BCUT2D eigenvalue weighted by atomic mass is 35.5. The Morgan fingerprint density at radius 2 is 1.82 bits per heavy atom. The Morgan fingerprint density at radius 1 is 1.03 bits per heavy atom. The van der Waals surface area contributed by atoms with Crippen LogP contribution in [0.1, 0.15) is 36.4 Å². The molecule has 2 aliphatic heterocycles. The van der Waals surface area contributed by atoms with Gasteiger partial charge in [-0.2, -0.15) is 23.0 Å². The first-order valence-corrected chi connectivity index (χ1v) is 11.2. The molecule has 0 saturated carbocycles. The molecule has 11 heteroatoms. The standard InChI is InChI=1S/C23H20ClF3N4O3/c24-21-17(13-29-31(22(21)32)20-7-5-15(12-28-20)23(25,26)27)30-8-1-3-16(30)14-4-6-18-19(11-14)34-10-2-9-33-18/h4-7,11-13,16H,1-3,8-10H2. The number of anilines is 1. The largest absolute Gasteiger partial charge is 0.490 e. The van der Waals surface area contributed by atoms with Crippen LogP contribution < -0.4 is 19.9 Å². The van der Waals surface area contributed by atoms with Crippen molar-refractivity contribution < 1.29 is 22.6 Å². The Morgan fingerprint density at radius 3 is 2.56 bits per heavy atom. The molecule has 4 heterocycles. The Hall–Kier alpha value is -3.27. The highest BCUT2D eigenvalue weighted by Gasteiger charge is 2.32. The van der Waals surface area contributed by atoms with E-state index in [1.165, 1.54) is 6.20 Å². The maximum atomic E-state index is 12.9. The molecule has 0 radical (unpaired) electrons. The SMILES string of the molecule is O=c1c(Cl)c(N2CCCC2c2ccc3c(c2)OCCCO3)cnn1-c1ccc(C(F)(F)F)cn1. The highest BCUT2D eigenvalue weighted by Crippen LogP contribution is 2.41. The minimum Gasteiger partial charge on any atom is -0.490 e. The van der Waals surface area contributed by atoms with E-state index in [9.17, 15) is 18.0 Å². The molecule has 2 aliphatic rings. The van der Waals surface area contributed by atoms with Crippen LogP contribution in [0.5, 0.6) is 11.5 Å². The second-order valence-electron chi connectivity index (χ2n) is 8.07. The van der Waals surface area contributed by atoms with Crippen LogP contribution in [0.3, 0.4) is 0 Å². The smallest absolute Gasteiger partial charge is 0.417 e. The summed E-state index contributed by atoms with van der Waals surface area (Å²) in [6.07, 6.45) is 0.128. The minimum absolute atomic E-state index is 0.0455. The van der Waals surface area contributed by atoms with E-state index in [1.54, 1.807) is 0 Å². The average molecular weight is 493 g/mol. The molecule has 0 spiro atoms. The lowest BCUT2D eigenvalue weighted by Gasteiger charge is -2.28. The monoisotopic (exact) mass is 492 g/mol. The number of benzene rings is 1. The molecule has 0 bridgehead atoms. The quantitative estimate of drug-likeness (QED) is 0.523. The molecule has 5 rings (SSSR count). The zero-order chi connectivity index (χ0) is 23.9. The van der Waals surface area contributed by atoms with Crippen LogP contribution in [-0.4, -0.2) is 34.5 Å². The zero-order valence-electron chi connectivity index (χ0n) is 17.9. The summed E-state index contributed by atoms with van der Waals surface area (Å²) in [5.74, 6) is 1.35. The highest BCUT2D eigenvalue weighted by molar-refractivity contribution is 6.33. The van der Waals surface area contributed by atoms with E-state index in [-0.39, 0.29) is 16.9 Å².